The number of benzene rings is 3. The zero-order chi connectivity index (χ0) is 23.8. The van der Waals surface area contributed by atoms with Crippen LogP contribution in [0.4, 0.5) is 16.2 Å². The number of ether oxygens (including phenoxy) is 1. The number of carbonyl (C=O) groups excluding carboxylic acids is 1. The topological polar surface area (TPSA) is 58.6 Å². The fourth-order valence-corrected chi connectivity index (χ4v) is 4.80. The summed E-state index contributed by atoms with van der Waals surface area (Å²) >= 11 is 0. The Kier molecular flexibility index (Phi) is 8.66. The number of hydrogen-bond acceptors (Lipinski definition) is 4. The van der Waals surface area contributed by atoms with Crippen molar-refractivity contribution in [2.24, 2.45) is 0 Å². The van der Waals surface area contributed by atoms with E-state index in [-0.39, 0.29) is 5.75 Å². The molecule has 0 aliphatic rings. The summed E-state index contributed by atoms with van der Waals surface area (Å²) in [5.74, 6) is 0.181. The first-order valence-corrected chi connectivity index (χ1v) is 12.6. The van der Waals surface area contributed by atoms with Crippen LogP contribution in [0.3, 0.4) is 0 Å². The Morgan fingerprint density at radius 3 is 2.24 bits per heavy atom. The molecule has 0 aromatic heterocycles. The molecule has 5 nitrogen and oxygen atoms in total. The van der Waals surface area contributed by atoms with Crippen LogP contribution >= 0.6 is 0 Å². The van der Waals surface area contributed by atoms with Gasteiger partial charge in [0.1, 0.15) is 6.10 Å². The molecule has 33 heavy (non-hydrogen) atoms. The zero-order valence-corrected chi connectivity index (χ0v) is 20.5. The number of aryl methyl sites for hydroxylation is 2. The van der Waals surface area contributed by atoms with Crippen molar-refractivity contribution in [1.29, 1.82) is 0 Å². The average Bonchev–Trinajstić information content (AvgIpc) is 2.82. The molecule has 0 bridgehead atoms. The van der Waals surface area contributed by atoms with Gasteiger partial charge in [-0.1, -0.05) is 48.0 Å². The Morgan fingerprint density at radius 1 is 0.970 bits per heavy atom. The van der Waals surface area contributed by atoms with E-state index in [9.17, 15) is 9.00 Å². The highest BCUT2D eigenvalue weighted by atomic mass is 32.2. The summed E-state index contributed by atoms with van der Waals surface area (Å²) in [5, 5.41) is 2.85. The second-order valence-electron chi connectivity index (χ2n) is 7.93. The fourth-order valence-electron chi connectivity index (χ4n) is 3.63. The van der Waals surface area contributed by atoms with E-state index in [1.165, 1.54) is 0 Å². The van der Waals surface area contributed by atoms with E-state index in [0.717, 1.165) is 35.5 Å². The molecule has 2 unspecified atom stereocenters. The largest absolute Gasteiger partial charge is 0.440 e. The van der Waals surface area contributed by atoms with Gasteiger partial charge in [-0.3, -0.25) is 9.53 Å². The second kappa shape index (κ2) is 11.7. The van der Waals surface area contributed by atoms with Gasteiger partial charge in [0.2, 0.25) is 0 Å². The van der Waals surface area contributed by atoms with Gasteiger partial charge in [-0.2, -0.15) is 0 Å². The van der Waals surface area contributed by atoms with Crippen molar-refractivity contribution in [3.05, 3.63) is 89.5 Å². The summed E-state index contributed by atoms with van der Waals surface area (Å²) in [4.78, 5) is 15.8. The summed E-state index contributed by atoms with van der Waals surface area (Å²) in [6.07, 6.45) is -1.20. The zero-order valence-electron chi connectivity index (χ0n) is 19.7. The molecule has 1 amide bonds. The number of nitrogens with one attached hydrogen (secondary N) is 1. The normalized spacial score (nSPS) is 12.6. The monoisotopic (exact) mass is 464 g/mol. The van der Waals surface area contributed by atoms with Crippen LogP contribution in [-0.2, 0) is 15.5 Å². The highest BCUT2D eigenvalue weighted by Gasteiger charge is 2.21. The van der Waals surface area contributed by atoms with Crippen LogP contribution in [0.2, 0.25) is 0 Å². The Bertz CT molecular complexity index is 1080. The van der Waals surface area contributed by atoms with Gasteiger partial charge in [-0.05, 0) is 69.2 Å². The maximum atomic E-state index is 13.0. The van der Waals surface area contributed by atoms with Crippen molar-refractivity contribution in [2.45, 2.75) is 38.7 Å². The van der Waals surface area contributed by atoms with Crippen LogP contribution in [0.25, 0.3) is 0 Å². The van der Waals surface area contributed by atoms with Gasteiger partial charge in [0, 0.05) is 29.4 Å². The lowest BCUT2D eigenvalue weighted by Gasteiger charge is -2.22. The van der Waals surface area contributed by atoms with Crippen molar-refractivity contribution >= 4 is 28.3 Å². The molecule has 0 spiro atoms. The standard InChI is InChI=1S/C27H32N2O3S/c1-5-29(6-2)23-14-17-25(21(4)18-23)28-27(30)32-26(22-10-8-7-9-11-22)19-33(31)24-15-12-20(3)13-16-24/h7-18,26H,5-6,19H2,1-4H3,(H,28,30). The van der Waals surface area contributed by atoms with E-state index in [4.69, 9.17) is 4.74 Å². The number of rotatable bonds is 9. The molecular formula is C27H32N2O3S. The molecule has 0 aliphatic heterocycles. The summed E-state index contributed by atoms with van der Waals surface area (Å²) in [6.45, 7) is 10.0. The minimum Gasteiger partial charge on any atom is -0.440 e. The Morgan fingerprint density at radius 2 is 1.64 bits per heavy atom. The highest BCUT2D eigenvalue weighted by molar-refractivity contribution is 7.85. The summed E-state index contributed by atoms with van der Waals surface area (Å²) in [5.41, 5.74) is 4.68. The Labute approximate surface area is 199 Å². The number of hydrogen-bond donors (Lipinski definition) is 1. The molecule has 0 aliphatic carbocycles. The third kappa shape index (κ3) is 6.68. The molecular weight excluding hydrogens is 432 g/mol. The van der Waals surface area contributed by atoms with E-state index < -0.39 is 23.0 Å². The molecule has 0 fully saturated rings. The van der Waals surface area contributed by atoms with Gasteiger partial charge in [-0.25, -0.2) is 4.79 Å². The summed E-state index contributed by atoms with van der Waals surface area (Å²) in [7, 11) is -1.31. The lowest BCUT2D eigenvalue weighted by molar-refractivity contribution is 0.123. The fraction of sp³-hybridized carbons (Fsp3) is 0.296. The highest BCUT2D eigenvalue weighted by Crippen LogP contribution is 2.25. The summed E-state index contributed by atoms with van der Waals surface area (Å²) in [6, 6.07) is 23.0. The predicted octanol–water partition coefficient (Wildman–Crippen LogP) is 6.25. The maximum Gasteiger partial charge on any atom is 0.412 e. The molecule has 174 valence electrons. The minimum absolute atomic E-state index is 0.181. The van der Waals surface area contributed by atoms with E-state index >= 15 is 0 Å². The molecule has 6 heteroatoms. The number of nitrogens with zero attached hydrogens (tertiary/aromatic N) is 1. The van der Waals surface area contributed by atoms with Gasteiger partial charge >= 0.3 is 6.09 Å². The smallest absolute Gasteiger partial charge is 0.412 e. The first-order chi connectivity index (χ1) is 15.9. The van der Waals surface area contributed by atoms with Gasteiger partial charge in [0.25, 0.3) is 0 Å². The molecule has 3 aromatic rings. The third-order valence-electron chi connectivity index (χ3n) is 5.58. The van der Waals surface area contributed by atoms with Crippen LogP contribution in [0.1, 0.15) is 36.6 Å². The van der Waals surface area contributed by atoms with E-state index in [1.54, 1.807) is 0 Å². The number of carbonyl (C=O) groups is 1. The van der Waals surface area contributed by atoms with Crippen LogP contribution < -0.4 is 10.2 Å². The van der Waals surface area contributed by atoms with E-state index in [0.29, 0.717) is 10.6 Å². The van der Waals surface area contributed by atoms with Crippen molar-refractivity contribution in [2.75, 3.05) is 29.1 Å². The predicted molar refractivity (Wildman–Crippen MR) is 136 cm³/mol. The molecule has 3 rings (SSSR count). The van der Waals surface area contributed by atoms with Crippen LogP contribution in [0.5, 0.6) is 0 Å². The van der Waals surface area contributed by atoms with E-state index in [1.807, 2.05) is 80.6 Å². The van der Waals surface area contributed by atoms with Crippen molar-refractivity contribution in [3.8, 4) is 0 Å². The van der Waals surface area contributed by atoms with Crippen LogP contribution in [0, 0.1) is 13.8 Å². The minimum atomic E-state index is -1.31. The molecule has 0 heterocycles. The van der Waals surface area contributed by atoms with Crippen molar-refractivity contribution < 1.29 is 13.7 Å². The SMILES string of the molecule is CCN(CC)c1ccc(NC(=O)OC(CS(=O)c2ccc(C)cc2)c2ccccc2)c(C)c1. The molecule has 2 atom stereocenters. The first kappa shape index (κ1) is 24.5. The first-order valence-electron chi connectivity index (χ1n) is 11.2. The van der Waals surface area contributed by atoms with Crippen molar-refractivity contribution in [1.82, 2.24) is 0 Å². The van der Waals surface area contributed by atoms with Crippen LogP contribution in [0.15, 0.2) is 77.7 Å². The lowest BCUT2D eigenvalue weighted by atomic mass is 10.1. The van der Waals surface area contributed by atoms with Gasteiger partial charge in [0.05, 0.1) is 16.6 Å². The van der Waals surface area contributed by atoms with Gasteiger partial charge < -0.3 is 9.64 Å². The molecule has 1 N–H and O–H groups in total. The molecule has 0 saturated carbocycles. The van der Waals surface area contributed by atoms with E-state index in [2.05, 4.69) is 30.1 Å². The number of anilines is 2. The van der Waals surface area contributed by atoms with Gasteiger partial charge in [0.15, 0.2) is 0 Å². The van der Waals surface area contributed by atoms with Crippen molar-refractivity contribution in [3.63, 3.8) is 0 Å². The molecule has 0 radical (unpaired) electrons. The van der Waals surface area contributed by atoms with Gasteiger partial charge in [-0.15, -0.1) is 0 Å². The lowest BCUT2D eigenvalue weighted by Crippen LogP contribution is -2.23. The second-order valence-corrected chi connectivity index (χ2v) is 9.42. The molecule has 3 aromatic carbocycles. The average molecular weight is 465 g/mol. The van der Waals surface area contributed by atoms with Crippen LogP contribution in [-0.4, -0.2) is 29.1 Å². The Balaban J connectivity index is 1.74. The number of amides is 1. The quantitative estimate of drug-likeness (QED) is 0.407. The maximum absolute atomic E-state index is 13.0. The third-order valence-corrected chi connectivity index (χ3v) is 6.99. The Hall–Kier alpha value is -3.12. The summed E-state index contributed by atoms with van der Waals surface area (Å²) < 4.78 is 18.8. The molecule has 0 saturated heterocycles.